The first-order valence-electron chi connectivity index (χ1n) is 9.10. The predicted octanol–water partition coefficient (Wildman–Crippen LogP) is 3.67. The number of nitrogens with one attached hydrogen (secondary N) is 1. The lowest BCUT2D eigenvalue weighted by Crippen LogP contribution is -2.54. The number of phenolic OH excluding ortho intramolecular Hbond substituents is 1. The minimum atomic E-state index is -0.819. The fraction of sp³-hybridized carbons (Fsp3) is 0.190. The molecule has 4 amide bonds. The van der Waals surface area contributed by atoms with Crippen LogP contribution < -0.4 is 15.1 Å². The van der Waals surface area contributed by atoms with E-state index in [0.717, 1.165) is 28.1 Å². The Kier molecular flexibility index (Phi) is 6.03. The predicted molar refractivity (Wildman–Crippen MR) is 115 cm³/mol. The molecule has 0 aromatic heterocycles. The van der Waals surface area contributed by atoms with Crippen molar-refractivity contribution in [2.45, 2.75) is 13.8 Å². The van der Waals surface area contributed by atoms with Crippen LogP contribution in [0.4, 0.5) is 16.2 Å². The smallest absolute Gasteiger partial charge is 0.335 e. The summed E-state index contributed by atoms with van der Waals surface area (Å²) in [4.78, 5) is 40.4. The van der Waals surface area contributed by atoms with Crippen LogP contribution in [0.1, 0.15) is 19.4 Å². The number of aromatic hydroxyl groups is 1. The molecule has 0 saturated carbocycles. The normalized spacial score (nSPS) is 15.6. The van der Waals surface area contributed by atoms with Gasteiger partial charge in [0.25, 0.3) is 11.8 Å². The number of carbonyl (C=O) groups excluding carboxylic acids is 3. The SMILES string of the molecule is CCN(CC)c1ccc(/C=C2\C(=O)NC(=O)N(c3ccc(Br)cc3)C2=O)c(O)c1. The molecule has 1 fully saturated rings. The van der Waals surface area contributed by atoms with Crippen molar-refractivity contribution in [2.75, 3.05) is 22.9 Å². The Morgan fingerprint density at radius 2 is 1.72 bits per heavy atom. The van der Waals surface area contributed by atoms with Crippen molar-refractivity contribution in [3.63, 3.8) is 0 Å². The summed E-state index contributed by atoms with van der Waals surface area (Å²) in [6.45, 7) is 5.58. The lowest BCUT2D eigenvalue weighted by molar-refractivity contribution is -0.122. The van der Waals surface area contributed by atoms with Crippen LogP contribution in [0.25, 0.3) is 6.08 Å². The molecule has 0 radical (unpaired) electrons. The van der Waals surface area contributed by atoms with Crippen LogP contribution in [-0.4, -0.2) is 36.0 Å². The topological polar surface area (TPSA) is 90.0 Å². The monoisotopic (exact) mass is 457 g/mol. The van der Waals surface area contributed by atoms with E-state index in [9.17, 15) is 19.5 Å². The maximum Gasteiger partial charge on any atom is 0.335 e. The van der Waals surface area contributed by atoms with Gasteiger partial charge in [-0.1, -0.05) is 15.9 Å². The van der Waals surface area contributed by atoms with Crippen LogP contribution in [0.5, 0.6) is 5.75 Å². The average Bonchev–Trinajstić information content (AvgIpc) is 2.69. The molecule has 150 valence electrons. The van der Waals surface area contributed by atoms with Crippen LogP contribution >= 0.6 is 15.9 Å². The molecule has 1 heterocycles. The number of halogens is 1. The van der Waals surface area contributed by atoms with Crippen molar-refractivity contribution >= 4 is 51.2 Å². The molecule has 1 saturated heterocycles. The van der Waals surface area contributed by atoms with Gasteiger partial charge in [0.1, 0.15) is 11.3 Å². The fourth-order valence-corrected chi connectivity index (χ4v) is 3.34. The standard InChI is InChI=1S/C21H20BrN3O4/c1-3-24(4-2)16-8-5-13(18(26)12-16)11-17-19(27)23-21(29)25(20(17)28)15-9-6-14(22)7-10-15/h5-12,26H,3-4H2,1-2H3,(H,23,27,29)/b17-11+. The minimum Gasteiger partial charge on any atom is -0.507 e. The zero-order chi connectivity index (χ0) is 21.1. The number of barbiturate groups is 1. The maximum atomic E-state index is 12.9. The molecule has 0 aliphatic carbocycles. The molecule has 2 N–H and O–H groups in total. The molecule has 1 aliphatic heterocycles. The van der Waals surface area contributed by atoms with E-state index in [0.29, 0.717) is 11.3 Å². The molecule has 3 rings (SSSR count). The van der Waals surface area contributed by atoms with E-state index in [-0.39, 0.29) is 11.3 Å². The van der Waals surface area contributed by atoms with Gasteiger partial charge < -0.3 is 10.0 Å². The molecule has 8 heteroatoms. The van der Waals surface area contributed by atoms with Crippen LogP contribution in [0.15, 0.2) is 52.5 Å². The van der Waals surface area contributed by atoms with Gasteiger partial charge in [0.15, 0.2) is 0 Å². The molecular formula is C21H20BrN3O4. The van der Waals surface area contributed by atoms with E-state index in [1.54, 1.807) is 36.4 Å². The lowest BCUT2D eigenvalue weighted by Gasteiger charge is -2.26. The number of carbonyl (C=O) groups is 3. The number of nitrogens with zero attached hydrogens (tertiary/aromatic N) is 2. The van der Waals surface area contributed by atoms with Gasteiger partial charge in [0.2, 0.25) is 0 Å². The first-order chi connectivity index (χ1) is 13.8. The van der Waals surface area contributed by atoms with E-state index in [2.05, 4.69) is 26.1 Å². The minimum absolute atomic E-state index is 0.0606. The third-order valence-corrected chi connectivity index (χ3v) is 5.16. The van der Waals surface area contributed by atoms with E-state index in [4.69, 9.17) is 0 Å². The summed E-state index contributed by atoms with van der Waals surface area (Å²) in [5.41, 5.74) is 1.24. The van der Waals surface area contributed by atoms with Crippen molar-refractivity contribution in [2.24, 2.45) is 0 Å². The summed E-state index contributed by atoms with van der Waals surface area (Å²) in [7, 11) is 0. The summed E-state index contributed by atoms with van der Waals surface area (Å²) in [6.07, 6.45) is 1.29. The van der Waals surface area contributed by atoms with E-state index >= 15 is 0 Å². The Morgan fingerprint density at radius 1 is 1.07 bits per heavy atom. The van der Waals surface area contributed by atoms with Gasteiger partial charge >= 0.3 is 6.03 Å². The molecule has 0 unspecified atom stereocenters. The average molecular weight is 458 g/mol. The largest absolute Gasteiger partial charge is 0.507 e. The zero-order valence-corrected chi connectivity index (χ0v) is 17.6. The Balaban J connectivity index is 1.97. The summed E-state index contributed by atoms with van der Waals surface area (Å²) in [6, 6.07) is 10.8. The van der Waals surface area contributed by atoms with Crippen molar-refractivity contribution in [3.05, 3.63) is 58.1 Å². The molecular weight excluding hydrogens is 438 g/mol. The van der Waals surface area contributed by atoms with Crippen LogP contribution in [-0.2, 0) is 9.59 Å². The second-order valence-electron chi connectivity index (χ2n) is 6.35. The highest BCUT2D eigenvalue weighted by atomic mass is 79.9. The molecule has 0 atom stereocenters. The number of imide groups is 2. The maximum absolute atomic E-state index is 12.9. The molecule has 2 aromatic carbocycles. The summed E-state index contributed by atoms with van der Waals surface area (Å²) in [5, 5.41) is 12.6. The molecule has 29 heavy (non-hydrogen) atoms. The number of urea groups is 1. The third-order valence-electron chi connectivity index (χ3n) is 4.63. The molecule has 0 bridgehead atoms. The highest BCUT2D eigenvalue weighted by Crippen LogP contribution is 2.28. The number of amides is 4. The zero-order valence-electron chi connectivity index (χ0n) is 16.0. The Hall–Kier alpha value is -3.13. The van der Waals surface area contributed by atoms with Crippen LogP contribution in [0, 0.1) is 0 Å². The van der Waals surface area contributed by atoms with E-state index < -0.39 is 17.8 Å². The van der Waals surface area contributed by atoms with Crippen molar-refractivity contribution < 1.29 is 19.5 Å². The summed E-state index contributed by atoms with van der Waals surface area (Å²) >= 11 is 3.30. The van der Waals surface area contributed by atoms with Crippen LogP contribution in [0.3, 0.4) is 0 Å². The fourth-order valence-electron chi connectivity index (χ4n) is 3.08. The number of hydrogen-bond donors (Lipinski definition) is 2. The first-order valence-corrected chi connectivity index (χ1v) is 9.90. The van der Waals surface area contributed by atoms with Crippen molar-refractivity contribution in [1.82, 2.24) is 5.32 Å². The molecule has 0 spiro atoms. The summed E-state index contributed by atoms with van der Waals surface area (Å²) in [5.74, 6) is -1.62. The number of hydrogen-bond acceptors (Lipinski definition) is 5. The Morgan fingerprint density at radius 3 is 2.31 bits per heavy atom. The number of phenols is 1. The summed E-state index contributed by atoms with van der Waals surface area (Å²) < 4.78 is 0.788. The molecule has 7 nitrogen and oxygen atoms in total. The van der Waals surface area contributed by atoms with Crippen molar-refractivity contribution in [1.29, 1.82) is 0 Å². The quantitative estimate of drug-likeness (QED) is 0.527. The number of rotatable bonds is 5. The highest BCUT2D eigenvalue weighted by molar-refractivity contribution is 9.10. The van der Waals surface area contributed by atoms with E-state index in [1.807, 2.05) is 19.9 Å². The second kappa shape index (κ2) is 8.48. The third kappa shape index (κ3) is 4.17. The highest BCUT2D eigenvalue weighted by Gasteiger charge is 2.36. The van der Waals surface area contributed by atoms with Gasteiger partial charge in [0.05, 0.1) is 5.69 Å². The van der Waals surface area contributed by atoms with Gasteiger partial charge in [-0.3, -0.25) is 14.9 Å². The first kappa shape index (κ1) is 20.6. The number of benzene rings is 2. The van der Waals surface area contributed by atoms with Gasteiger partial charge in [-0.2, -0.15) is 0 Å². The Labute approximate surface area is 176 Å². The van der Waals surface area contributed by atoms with Crippen LogP contribution in [0.2, 0.25) is 0 Å². The number of anilines is 2. The van der Waals surface area contributed by atoms with Gasteiger partial charge in [-0.25, -0.2) is 9.69 Å². The van der Waals surface area contributed by atoms with E-state index in [1.165, 1.54) is 6.08 Å². The van der Waals surface area contributed by atoms with Gasteiger partial charge in [-0.05, 0) is 56.3 Å². The lowest BCUT2D eigenvalue weighted by atomic mass is 10.1. The van der Waals surface area contributed by atoms with Crippen molar-refractivity contribution in [3.8, 4) is 5.75 Å². The molecule has 1 aliphatic rings. The van der Waals surface area contributed by atoms with Gasteiger partial charge in [-0.15, -0.1) is 0 Å². The molecule has 2 aromatic rings. The Bertz CT molecular complexity index is 997. The van der Waals surface area contributed by atoms with Gasteiger partial charge in [0, 0.05) is 34.9 Å². The second-order valence-corrected chi connectivity index (χ2v) is 7.27.